The van der Waals surface area contributed by atoms with Crippen LogP contribution in [0.25, 0.3) is 0 Å². The quantitative estimate of drug-likeness (QED) is 0.838. The first-order valence-electron chi connectivity index (χ1n) is 6.54. The molecule has 0 radical (unpaired) electrons. The molecule has 1 aliphatic carbocycles. The third-order valence-electron chi connectivity index (χ3n) is 3.65. The van der Waals surface area contributed by atoms with Crippen LogP contribution in [0.3, 0.4) is 0 Å². The zero-order chi connectivity index (χ0) is 12.1. The predicted octanol–water partition coefficient (Wildman–Crippen LogP) is 2.03. The molecule has 3 heteroatoms. The molecule has 1 fully saturated rings. The Morgan fingerprint density at radius 3 is 3.12 bits per heavy atom. The number of hydrogen-bond acceptors (Lipinski definition) is 3. The Morgan fingerprint density at radius 1 is 1.47 bits per heavy atom. The first-order valence-corrected chi connectivity index (χ1v) is 6.54. The lowest BCUT2D eigenvalue weighted by atomic mass is 9.87. The fraction of sp³-hybridized carbons (Fsp3) is 0.643. The van der Waals surface area contributed by atoms with Crippen molar-refractivity contribution in [2.75, 3.05) is 6.54 Å². The van der Waals surface area contributed by atoms with Crippen molar-refractivity contribution in [3.63, 3.8) is 0 Å². The standard InChI is InChI=1S/C14H22N2O/c1-11-5-6-15-9-13(11)10-16-8-12-3-2-4-14(17)7-12/h5-6,9,12,14,16-17H,2-4,7-8,10H2,1H3. The van der Waals surface area contributed by atoms with Crippen LogP contribution in [-0.2, 0) is 6.54 Å². The first kappa shape index (κ1) is 12.5. The van der Waals surface area contributed by atoms with E-state index in [4.69, 9.17) is 0 Å². The molecule has 1 aromatic rings. The molecule has 0 amide bonds. The number of aliphatic hydroxyl groups excluding tert-OH is 1. The Kier molecular flexibility index (Phi) is 4.51. The minimum atomic E-state index is -0.0734. The zero-order valence-corrected chi connectivity index (χ0v) is 10.5. The van der Waals surface area contributed by atoms with Crippen LogP contribution in [-0.4, -0.2) is 22.7 Å². The van der Waals surface area contributed by atoms with E-state index in [2.05, 4.69) is 17.2 Å². The molecule has 0 bridgehead atoms. The van der Waals surface area contributed by atoms with Crippen LogP contribution >= 0.6 is 0 Å². The minimum Gasteiger partial charge on any atom is -0.393 e. The summed E-state index contributed by atoms with van der Waals surface area (Å²) in [6.07, 6.45) is 8.04. The summed E-state index contributed by atoms with van der Waals surface area (Å²) in [7, 11) is 0. The summed E-state index contributed by atoms with van der Waals surface area (Å²) in [4.78, 5) is 4.14. The van der Waals surface area contributed by atoms with Gasteiger partial charge in [0.05, 0.1) is 6.10 Å². The number of rotatable bonds is 4. The average Bonchev–Trinajstić information content (AvgIpc) is 2.32. The molecule has 0 aromatic carbocycles. The van der Waals surface area contributed by atoms with Gasteiger partial charge in [0.25, 0.3) is 0 Å². The van der Waals surface area contributed by atoms with Crippen molar-refractivity contribution in [1.29, 1.82) is 0 Å². The number of aryl methyl sites for hydroxylation is 1. The molecule has 17 heavy (non-hydrogen) atoms. The maximum Gasteiger partial charge on any atom is 0.0543 e. The fourth-order valence-corrected chi connectivity index (χ4v) is 2.54. The first-order chi connectivity index (χ1) is 8.25. The third-order valence-corrected chi connectivity index (χ3v) is 3.65. The lowest BCUT2D eigenvalue weighted by Crippen LogP contribution is -2.29. The highest BCUT2D eigenvalue weighted by Gasteiger charge is 2.19. The van der Waals surface area contributed by atoms with Gasteiger partial charge in [0.15, 0.2) is 0 Å². The largest absolute Gasteiger partial charge is 0.393 e. The van der Waals surface area contributed by atoms with Crippen LogP contribution in [0.1, 0.15) is 36.8 Å². The van der Waals surface area contributed by atoms with E-state index in [1.807, 2.05) is 18.5 Å². The van der Waals surface area contributed by atoms with E-state index in [-0.39, 0.29) is 6.10 Å². The number of pyridine rings is 1. The molecule has 2 rings (SSSR count). The van der Waals surface area contributed by atoms with Crippen molar-refractivity contribution >= 4 is 0 Å². The Bertz CT molecular complexity index is 354. The second kappa shape index (κ2) is 6.12. The highest BCUT2D eigenvalue weighted by atomic mass is 16.3. The topological polar surface area (TPSA) is 45.2 Å². The smallest absolute Gasteiger partial charge is 0.0543 e. The SMILES string of the molecule is Cc1ccncc1CNCC1CCCC(O)C1. The molecule has 1 saturated carbocycles. The van der Waals surface area contributed by atoms with Gasteiger partial charge in [-0.25, -0.2) is 0 Å². The van der Waals surface area contributed by atoms with Gasteiger partial charge in [0.2, 0.25) is 0 Å². The molecular formula is C14H22N2O. The molecule has 3 nitrogen and oxygen atoms in total. The fourth-order valence-electron chi connectivity index (χ4n) is 2.54. The number of aromatic nitrogens is 1. The summed E-state index contributed by atoms with van der Waals surface area (Å²) >= 11 is 0. The Balaban J connectivity index is 1.74. The summed E-state index contributed by atoms with van der Waals surface area (Å²) < 4.78 is 0. The predicted molar refractivity (Wildman–Crippen MR) is 68.6 cm³/mol. The number of nitrogens with zero attached hydrogens (tertiary/aromatic N) is 1. The summed E-state index contributed by atoms with van der Waals surface area (Å²) in [5.74, 6) is 0.635. The highest BCUT2D eigenvalue weighted by molar-refractivity contribution is 5.20. The van der Waals surface area contributed by atoms with E-state index < -0.39 is 0 Å². The number of hydrogen-bond donors (Lipinski definition) is 2. The van der Waals surface area contributed by atoms with E-state index in [1.165, 1.54) is 24.0 Å². The van der Waals surface area contributed by atoms with Crippen molar-refractivity contribution in [1.82, 2.24) is 10.3 Å². The van der Waals surface area contributed by atoms with Gasteiger partial charge in [-0.3, -0.25) is 4.98 Å². The van der Waals surface area contributed by atoms with Crippen molar-refractivity contribution in [3.05, 3.63) is 29.6 Å². The monoisotopic (exact) mass is 234 g/mol. The van der Waals surface area contributed by atoms with Gasteiger partial charge in [0.1, 0.15) is 0 Å². The van der Waals surface area contributed by atoms with Crippen LogP contribution in [0.15, 0.2) is 18.5 Å². The summed E-state index contributed by atoms with van der Waals surface area (Å²) in [5.41, 5.74) is 2.56. The van der Waals surface area contributed by atoms with E-state index in [9.17, 15) is 5.11 Å². The number of aliphatic hydroxyl groups is 1. The second-order valence-corrected chi connectivity index (χ2v) is 5.12. The maximum absolute atomic E-state index is 9.60. The Labute approximate surface area is 103 Å². The minimum absolute atomic E-state index is 0.0734. The van der Waals surface area contributed by atoms with E-state index >= 15 is 0 Å². The second-order valence-electron chi connectivity index (χ2n) is 5.12. The molecule has 1 heterocycles. The van der Waals surface area contributed by atoms with Crippen molar-refractivity contribution in [2.45, 2.75) is 45.3 Å². The van der Waals surface area contributed by atoms with Gasteiger partial charge in [-0.2, -0.15) is 0 Å². The highest BCUT2D eigenvalue weighted by Crippen LogP contribution is 2.23. The molecule has 2 N–H and O–H groups in total. The maximum atomic E-state index is 9.60. The zero-order valence-electron chi connectivity index (χ0n) is 10.5. The van der Waals surface area contributed by atoms with Gasteiger partial charge in [-0.05, 0) is 55.8 Å². The van der Waals surface area contributed by atoms with Crippen LogP contribution < -0.4 is 5.32 Å². The van der Waals surface area contributed by atoms with Gasteiger partial charge in [0, 0.05) is 18.9 Å². The van der Waals surface area contributed by atoms with Crippen LogP contribution in [0.2, 0.25) is 0 Å². The van der Waals surface area contributed by atoms with Crippen molar-refractivity contribution in [2.24, 2.45) is 5.92 Å². The summed E-state index contributed by atoms with van der Waals surface area (Å²) in [6, 6.07) is 2.04. The third kappa shape index (κ3) is 3.79. The van der Waals surface area contributed by atoms with Gasteiger partial charge < -0.3 is 10.4 Å². The molecule has 94 valence electrons. The van der Waals surface area contributed by atoms with Crippen molar-refractivity contribution in [3.8, 4) is 0 Å². The normalized spacial score (nSPS) is 24.8. The van der Waals surface area contributed by atoms with Gasteiger partial charge >= 0.3 is 0 Å². The van der Waals surface area contributed by atoms with E-state index in [0.29, 0.717) is 5.92 Å². The summed E-state index contributed by atoms with van der Waals surface area (Å²) in [5, 5.41) is 13.1. The molecule has 1 aliphatic rings. The average molecular weight is 234 g/mol. The molecular weight excluding hydrogens is 212 g/mol. The lowest BCUT2D eigenvalue weighted by Gasteiger charge is -2.26. The molecule has 2 unspecified atom stereocenters. The molecule has 0 saturated heterocycles. The molecule has 0 aliphatic heterocycles. The number of nitrogens with one attached hydrogen (secondary N) is 1. The van der Waals surface area contributed by atoms with Gasteiger partial charge in [-0.15, -0.1) is 0 Å². The van der Waals surface area contributed by atoms with Crippen molar-refractivity contribution < 1.29 is 5.11 Å². The van der Waals surface area contributed by atoms with E-state index in [1.54, 1.807) is 0 Å². The van der Waals surface area contributed by atoms with Crippen LogP contribution in [0, 0.1) is 12.8 Å². The lowest BCUT2D eigenvalue weighted by molar-refractivity contribution is 0.101. The molecule has 0 spiro atoms. The van der Waals surface area contributed by atoms with Crippen LogP contribution in [0.4, 0.5) is 0 Å². The van der Waals surface area contributed by atoms with Gasteiger partial charge in [-0.1, -0.05) is 6.42 Å². The summed E-state index contributed by atoms with van der Waals surface area (Å²) in [6.45, 7) is 4.00. The van der Waals surface area contributed by atoms with Crippen LogP contribution in [0.5, 0.6) is 0 Å². The molecule has 1 aromatic heterocycles. The molecule has 2 atom stereocenters. The Hall–Kier alpha value is -0.930. The Morgan fingerprint density at radius 2 is 2.35 bits per heavy atom. The van der Waals surface area contributed by atoms with E-state index in [0.717, 1.165) is 25.9 Å².